The fourth-order valence-electron chi connectivity index (χ4n) is 8.70. The molecular formula is C49H37BN2. The summed E-state index contributed by atoms with van der Waals surface area (Å²) < 4.78 is 0. The largest absolute Gasteiger partial charge is 0.355 e. The smallest absolute Gasteiger partial charge is 0.198 e. The van der Waals surface area contributed by atoms with E-state index in [1.165, 1.54) is 83.3 Å². The first-order valence-electron chi connectivity index (χ1n) is 18.2. The molecule has 0 spiro atoms. The van der Waals surface area contributed by atoms with Crippen LogP contribution < -0.4 is 21.1 Å². The van der Waals surface area contributed by atoms with Crippen molar-refractivity contribution in [3.8, 4) is 33.4 Å². The van der Waals surface area contributed by atoms with Crippen LogP contribution >= 0.6 is 0 Å². The Bertz CT molecular complexity index is 2660. The minimum absolute atomic E-state index is 0.106. The van der Waals surface area contributed by atoms with Crippen molar-refractivity contribution in [2.24, 2.45) is 0 Å². The molecule has 246 valence electrons. The first-order chi connectivity index (χ1) is 25.5. The lowest BCUT2D eigenvalue weighted by molar-refractivity contribution is 0.632. The predicted molar refractivity (Wildman–Crippen MR) is 223 cm³/mol. The van der Waals surface area contributed by atoms with E-state index in [4.69, 9.17) is 0 Å². The number of hydrogen-bond acceptors (Lipinski definition) is 2. The van der Waals surface area contributed by atoms with Gasteiger partial charge < -0.3 is 10.2 Å². The number of para-hydroxylation sites is 2. The predicted octanol–water partition coefficient (Wildman–Crippen LogP) is 11.4. The highest BCUT2D eigenvalue weighted by molar-refractivity contribution is 6.74. The van der Waals surface area contributed by atoms with Gasteiger partial charge in [-0.1, -0.05) is 159 Å². The lowest BCUT2D eigenvalue weighted by Crippen LogP contribution is -2.45. The molecule has 8 aromatic carbocycles. The third-order valence-corrected chi connectivity index (χ3v) is 11.2. The lowest BCUT2D eigenvalue weighted by atomic mass is 9.55. The highest BCUT2D eigenvalue weighted by Gasteiger charge is 2.41. The molecule has 3 heteroatoms. The van der Waals surface area contributed by atoms with E-state index in [2.05, 4.69) is 200 Å². The minimum atomic E-state index is -0.106. The van der Waals surface area contributed by atoms with Crippen LogP contribution in [0.2, 0.25) is 0 Å². The molecule has 10 rings (SSSR count). The van der Waals surface area contributed by atoms with Crippen LogP contribution in [0.1, 0.15) is 25.0 Å². The maximum absolute atomic E-state index is 3.91. The van der Waals surface area contributed by atoms with Gasteiger partial charge in [0.25, 0.3) is 0 Å². The molecule has 0 bridgehead atoms. The number of benzene rings is 8. The van der Waals surface area contributed by atoms with Crippen LogP contribution in [0.3, 0.4) is 0 Å². The van der Waals surface area contributed by atoms with Gasteiger partial charge in [0.15, 0.2) is 7.28 Å². The van der Waals surface area contributed by atoms with Crippen molar-refractivity contribution in [1.82, 2.24) is 0 Å². The molecule has 8 aromatic rings. The van der Waals surface area contributed by atoms with Gasteiger partial charge in [-0.15, -0.1) is 0 Å². The third kappa shape index (κ3) is 4.81. The fourth-order valence-corrected chi connectivity index (χ4v) is 8.70. The van der Waals surface area contributed by atoms with Crippen molar-refractivity contribution in [3.05, 3.63) is 187 Å². The summed E-state index contributed by atoms with van der Waals surface area (Å²) in [6, 6.07) is 64.3. The first-order valence-corrected chi connectivity index (χ1v) is 18.2. The molecule has 2 aliphatic heterocycles. The molecule has 0 unspecified atom stereocenters. The number of nitrogens with one attached hydrogen (secondary N) is 1. The SMILES string of the molecule is CC1(C)c2ccccc2N2c3cc4ccccc4c(-c4cc(-c5ccccc5)ccc4Nc4cccc(-c5ccccc5)c4)c3Bc3cccc1c32. The minimum Gasteiger partial charge on any atom is -0.355 e. The molecule has 0 saturated heterocycles. The van der Waals surface area contributed by atoms with E-state index in [9.17, 15) is 0 Å². The van der Waals surface area contributed by atoms with Crippen LogP contribution in [0.5, 0.6) is 0 Å². The van der Waals surface area contributed by atoms with Gasteiger partial charge in [-0.05, 0) is 91.6 Å². The summed E-state index contributed by atoms with van der Waals surface area (Å²) in [6.07, 6.45) is 0. The van der Waals surface area contributed by atoms with Crippen LogP contribution in [0.4, 0.5) is 28.4 Å². The van der Waals surface area contributed by atoms with Gasteiger partial charge in [0.05, 0.1) is 5.69 Å². The average Bonchev–Trinajstić information content (AvgIpc) is 3.19. The van der Waals surface area contributed by atoms with Crippen molar-refractivity contribution in [3.63, 3.8) is 0 Å². The van der Waals surface area contributed by atoms with Crippen LogP contribution in [0, 0.1) is 0 Å². The molecule has 0 amide bonds. The summed E-state index contributed by atoms with van der Waals surface area (Å²) in [6.45, 7) is 4.75. The summed E-state index contributed by atoms with van der Waals surface area (Å²) in [5, 5.41) is 6.41. The van der Waals surface area contributed by atoms with Crippen LogP contribution in [0.25, 0.3) is 44.2 Å². The van der Waals surface area contributed by atoms with Crippen molar-refractivity contribution in [1.29, 1.82) is 0 Å². The Hall–Kier alpha value is -6.32. The van der Waals surface area contributed by atoms with E-state index < -0.39 is 0 Å². The van der Waals surface area contributed by atoms with E-state index in [-0.39, 0.29) is 5.41 Å². The summed E-state index contributed by atoms with van der Waals surface area (Å²) in [5.41, 5.74) is 18.7. The molecular weight excluding hydrogens is 627 g/mol. The zero-order valence-electron chi connectivity index (χ0n) is 29.4. The van der Waals surface area contributed by atoms with E-state index in [1.54, 1.807) is 0 Å². The molecule has 52 heavy (non-hydrogen) atoms. The first kappa shape index (κ1) is 30.5. The molecule has 0 aromatic heterocycles. The molecule has 2 heterocycles. The Labute approximate surface area is 306 Å². The average molecular weight is 665 g/mol. The van der Waals surface area contributed by atoms with Gasteiger partial charge in [0, 0.05) is 33.7 Å². The van der Waals surface area contributed by atoms with Gasteiger partial charge in [0.1, 0.15) is 0 Å². The second-order valence-electron chi connectivity index (χ2n) is 14.6. The van der Waals surface area contributed by atoms with Gasteiger partial charge in [0.2, 0.25) is 0 Å². The molecule has 0 aliphatic carbocycles. The Morgan fingerprint density at radius 1 is 0.519 bits per heavy atom. The van der Waals surface area contributed by atoms with Gasteiger partial charge in [-0.25, -0.2) is 0 Å². The van der Waals surface area contributed by atoms with Crippen molar-refractivity contribution in [2.75, 3.05) is 10.2 Å². The Balaban J connectivity index is 1.24. The zero-order valence-corrected chi connectivity index (χ0v) is 29.4. The quantitative estimate of drug-likeness (QED) is 0.184. The Morgan fingerprint density at radius 2 is 1.17 bits per heavy atom. The summed E-state index contributed by atoms with van der Waals surface area (Å²) in [5.74, 6) is 0. The Kier molecular flexibility index (Phi) is 6.98. The van der Waals surface area contributed by atoms with Crippen LogP contribution in [-0.4, -0.2) is 7.28 Å². The van der Waals surface area contributed by atoms with Crippen molar-refractivity contribution in [2.45, 2.75) is 19.3 Å². The van der Waals surface area contributed by atoms with E-state index in [0.29, 0.717) is 0 Å². The second-order valence-corrected chi connectivity index (χ2v) is 14.6. The van der Waals surface area contributed by atoms with Crippen molar-refractivity contribution >= 4 is 57.4 Å². The molecule has 2 nitrogen and oxygen atoms in total. The molecule has 0 atom stereocenters. The number of rotatable bonds is 5. The van der Waals surface area contributed by atoms with E-state index in [1.807, 2.05) is 0 Å². The molecule has 1 N–H and O–H groups in total. The zero-order chi connectivity index (χ0) is 34.8. The fraction of sp³-hybridized carbons (Fsp3) is 0.0612. The van der Waals surface area contributed by atoms with E-state index in [0.717, 1.165) is 18.7 Å². The van der Waals surface area contributed by atoms with E-state index >= 15 is 0 Å². The highest BCUT2D eigenvalue weighted by atomic mass is 15.2. The number of nitrogens with zero attached hydrogens (tertiary/aromatic N) is 1. The topological polar surface area (TPSA) is 15.3 Å². The standard InChI is InChI=1S/C49H37BN2/c1-49(2)40-23-11-12-26-44(40)52-45-31-36-19-9-10-22-38(36)46(47(45)50-42-25-14-24-41(49)48(42)52)39-30-35(33-17-7-4-8-18-33)27-28-43(39)51-37-21-13-20-34(29-37)32-15-5-3-6-16-32/h3-31,50-51H,1-2H3. The van der Waals surface area contributed by atoms with Crippen molar-refractivity contribution < 1.29 is 0 Å². The monoisotopic (exact) mass is 664 g/mol. The van der Waals surface area contributed by atoms with Gasteiger partial charge in [-0.3, -0.25) is 0 Å². The summed E-state index contributed by atoms with van der Waals surface area (Å²) in [7, 11) is 0.853. The molecule has 0 saturated carbocycles. The summed E-state index contributed by atoms with van der Waals surface area (Å²) >= 11 is 0. The number of hydrogen-bond donors (Lipinski definition) is 1. The molecule has 0 fully saturated rings. The maximum Gasteiger partial charge on any atom is 0.198 e. The van der Waals surface area contributed by atoms with Crippen LogP contribution in [0.15, 0.2) is 176 Å². The Morgan fingerprint density at radius 3 is 1.98 bits per heavy atom. The normalized spacial score (nSPS) is 13.5. The lowest BCUT2D eigenvalue weighted by Gasteiger charge is -2.46. The molecule has 2 aliphatic rings. The molecule has 0 radical (unpaired) electrons. The third-order valence-electron chi connectivity index (χ3n) is 11.2. The maximum atomic E-state index is 3.91. The summed E-state index contributed by atoms with van der Waals surface area (Å²) in [4.78, 5) is 2.57. The number of fused-ring (bicyclic) bond motifs is 5. The number of anilines is 5. The second kappa shape index (κ2) is 11.9. The highest BCUT2D eigenvalue weighted by Crippen LogP contribution is 2.53. The van der Waals surface area contributed by atoms with Gasteiger partial charge >= 0.3 is 0 Å². The van der Waals surface area contributed by atoms with Crippen LogP contribution in [-0.2, 0) is 5.41 Å². The van der Waals surface area contributed by atoms with Gasteiger partial charge in [-0.2, -0.15) is 0 Å².